The third-order valence-electron chi connectivity index (χ3n) is 5.39. The van der Waals surface area contributed by atoms with Crippen LogP contribution in [0.1, 0.15) is 42.9 Å². The molecular formula is C24H25NO4. The summed E-state index contributed by atoms with van der Waals surface area (Å²) >= 11 is 0. The molecule has 0 saturated carbocycles. The van der Waals surface area contributed by atoms with Gasteiger partial charge in [0.1, 0.15) is 0 Å². The Morgan fingerprint density at radius 1 is 0.862 bits per heavy atom. The fourth-order valence-electron chi connectivity index (χ4n) is 3.85. The molecule has 3 atom stereocenters. The highest BCUT2D eigenvalue weighted by Gasteiger charge is 2.36. The van der Waals surface area contributed by atoms with E-state index in [1.807, 2.05) is 60.7 Å². The Labute approximate surface area is 171 Å². The van der Waals surface area contributed by atoms with Crippen molar-refractivity contribution in [1.82, 2.24) is 4.90 Å². The number of imide groups is 1. The van der Waals surface area contributed by atoms with Gasteiger partial charge in [0.05, 0.1) is 19.1 Å². The smallest absolute Gasteiger partial charge is 0.308 e. The lowest BCUT2D eigenvalue weighted by atomic mass is 9.84. The van der Waals surface area contributed by atoms with E-state index in [4.69, 9.17) is 4.74 Å². The number of methoxy groups -OCH3 is 1. The van der Waals surface area contributed by atoms with Crippen molar-refractivity contribution in [1.29, 1.82) is 0 Å². The first-order chi connectivity index (χ1) is 14.0. The molecule has 2 amide bonds. The number of carbonyl (C=O) groups is 3. The fraction of sp³-hybridized carbons (Fsp3) is 0.292. The molecule has 0 spiro atoms. The SMILES string of the molecule is COC(=O)C(CC(C)c1ccccc1)CC(c1ccccc1)N1C(=O)C=CC1=O. The molecule has 0 aliphatic carbocycles. The van der Waals surface area contributed by atoms with Crippen molar-refractivity contribution >= 4 is 17.8 Å². The molecule has 29 heavy (non-hydrogen) atoms. The van der Waals surface area contributed by atoms with Crippen molar-refractivity contribution in [2.75, 3.05) is 7.11 Å². The second-order valence-corrected chi connectivity index (χ2v) is 7.31. The summed E-state index contributed by atoms with van der Waals surface area (Å²) in [5.74, 6) is -1.38. The van der Waals surface area contributed by atoms with Crippen LogP contribution >= 0.6 is 0 Å². The third kappa shape index (κ3) is 4.80. The molecule has 0 N–H and O–H groups in total. The summed E-state index contributed by atoms with van der Waals surface area (Å²) in [6.07, 6.45) is 3.42. The first-order valence-corrected chi connectivity index (χ1v) is 9.74. The molecule has 150 valence electrons. The van der Waals surface area contributed by atoms with Gasteiger partial charge >= 0.3 is 5.97 Å². The van der Waals surface area contributed by atoms with E-state index in [9.17, 15) is 14.4 Å². The van der Waals surface area contributed by atoms with Crippen LogP contribution in [0.2, 0.25) is 0 Å². The van der Waals surface area contributed by atoms with E-state index < -0.39 is 12.0 Å². The molecule has 2 aromatic rings. The molecule has 3 unspecified atom stereocenters. The molecule has 0 bridgehead atoms. The number of benzene rings is 2. The van der Waals surface area contributed by atoms with Crippen LogP contribution in [0.15, 0.2) is 72.8 Å². The van der Waals surface area contributed by atoms with E-state index in [0.717, 1.165) is 11.1 Å². The molecule has 5 heteroatoms. The van der Waals surface area contributed by atoms with Crippen molar-refractivity contribution < 1.29 is 19.1 Å². The Morgan fingerprint density at radius 2 is 1.38 bits per heavy atom. The summed E-state index contributed by atoms with van der Waals surface area (Å²) in [5.41, 5.74) is 1.95. The summed E-state index contributed by atoms with van der Waals surface area (Å²) in [7, 11) is 1.37. The van der Waals surface area contributed by atoms with Gasteiger partial charge in [0.2, 0.25) is 0 Å². The van der Waals surface area contributed by atoms with Gasteiger partial charge < -0.3 is 4.74 Å². The average Bonchev–Trinajstić information content (AvgIpc) is 3.09. The number of nitrogens with zero attached hydrogens (tertiary/aromatic N) is 1. The van der Waals surface area contributed by atoms with Crippen LogP contribution < -0.4 is 0 Å². The first-order valence-electron chi connectivity index (χ1n) is 9.74. The maximum absolute atomic E-state index is 12.6. The molecule has 1 heterocycles. The number of hydrogen-bond donors (Lipinski definition) is 0. The van der Waals surface area contributed by atoms with Crippen LogP contribution in [-0.4, -0.2) is 29.8 Å². The number of carbonyl (C=O) groups excluding carboxylic acids is 3. The second kappa shape index (κ2) is 9.32. The van der Waals surface area contributed by atoms with Gasteiger partial charge in [-0.3, -0.25) is 19.3 Å². The summed E-state index contributed by atoms with van der Waals surface area (Å²) in [4.78, 5) is 38.6. The largest absolute Gasteiger partial charge is 0.469 e. The lowest BCUT2D eigenvalue weighted by Crippen LogP contribution is -2.36. The Hall–Kier alpha value is -3.21. The Morgan fingerprint density at radius 3 is 1.90 bits per heavy atom. The van der Waals surface area contributed by atoms with Gasteiger partial charge in [-0.05, 0) is 29.9 Å². The molecule has 3 rings (SSSR count). The van der Waals surface area contributed by atoms with E-state index in [1.54, 1.807) is 0 Å². The van der Waals surface area contributed by atoms with Crippen LogP contribution in [0, 0.1) is 5.92 Å². The van der Waals surface area contributed by atoms with E-state index in [-0.39, 0.29) is 23.7 Å². The minimum absolute atomic E-state index is 0.125. The fourth-order valence-corrected chi connectivity index (χ4v) is 3.85. The average molecular weight is 391 g/mol. The molecule has 1 aliphatic rings. The molecular weight excluding hydrogens is 366 g/mol. The molecule has 2 aromatic carbocycles. The standard InChI is InChI=1S/C24H25NO4/c1-17(18-9-5-3-6-10-18)15-20(24(28)29-2)16-21(19-11-7-4-8-12-19)25-22(26)13-14-23(25)27/h3-14,17,20-21H,15-16H2,1-2H3. The Balaban J connectivity index is 1.88. The second-order valence-electron chi connectivity index (χ2n) is 7.31. The van der Waals surface area contributed by atoms with Gasteiger partial charge in [-0.2, -0.15) is 0 Å². The monoisotopic (exact) mass is 391 g/mol. The quantitative estimate of drug-likeness (QED) is 0.504. The van der Waals surface area contributed by atoms with Crippen molar-refractivity contribution in [2.45, 2.75) is 31.7 Å². The van der Waals surface area contributed by atoms with Crippen LogP contribution in [0.25, 0.3) is 0 Å². The van der Waals surface area contributed by atoms with Gasteiger partial charge in [-0.15, -0.1) is 0 Å². The molecule has 0 aromatic heterocycles. The highest BCUT2D eigenvalue weighted by atomic mass is 16.5. The van der Waals surface area contributed by atoms with Gasteiger partial charge in [0.15, 0.2) is 0 Å². The number of esters is 1. The molecule has 5 nitrogen and oxygen atoms in total. The lowest BCUT2D eigenvalue weighted by molar-refractivity contribution is -0.149. The van der Waals surface area contributed by atoms with Crippen molar-refractivity contribution in [3.63, 3.8) is 0 Å². The third-order valence-corrected chi connectivity index (χ3v) is 5.39. The number of hydrogen-bond acceptors (Lipinski definition) is 4. The van der Waals surface area contributed by atoms with Gasteiger partial charge in [-0.25, -0.2) is 0 Å². The first kappa shape index (κ1) is 20.5. The van der Waals surface area contributed by atoms with E-state index in [0.29, 0.717) is 12.8 Å². The zero-order valence-corrected chi connectivity index (χ0v) is 16.7. The van der Waals surface area contributed by atoms with Crippen LogP contribution in [0.5, 0.6) is 0 Å². The number of rotatable bonds is 8. The summed E-state index contributed by atoms with van der Waals surface area (Å²) in [6.45, 7) is 2.07. The van der Waals surface area contributed by atoms with Crippen LogP contribution in [0.4, 0.5) is 0 Å². The molecule has 0 radical (unpaired) electrons. The van der Waals surface area contributed by atoms with E-state index in [2.05, 4.69) is 6.92 Å². The maximum Gasteiger partial charge on any atom is 0.308 e. The molecule has 1 aliphatic heterocycles. The highest BCUT2D eigenvalue weighted by molar-refractivity contribution is 6.13. The van der Waals surface area contributed by atoms with Gasteiger partial charge in [0.25, 0.3) is 11.8 Å². The minimum Gasteiger partial charge on any atom is -0.469 e. The van der Waals surface area contributed by atoms with Crippen molar-refractivity contribution in [3.8, 4) is 0 Å². The van der Waals surface area contributed by atoms with Gasteiger partial charge in [-0.1, -0.05) is 67.6 Å². The Kier molecular flexibility index (Phi) is 6.60. The van der Waals surface area contributed by atoms with Crippen molar-refractivity contribution in [2.24, 2.45) is 5.92 Å². The zero-order chi connectivity index (χ0) is 20.8. The van der Waals surface area contributed by atoms with Crippen LogP contribution in [0.3, 0.4) is 0 Å². The van der Waals surface area contributed by atoms with Crippen LogP contribution in [-0.2, 0) is 19.1 Å². The highest BCUT2D eigenvalue weighted by Crippen LogP contribution is 2.35. The maximum atomic E-state index is 12.6. The van der Waals surface area contributed by atoms with E-state index >= 15 is 0 Å². The summed E-state index contributed by atoms with van der Waals surface area (Å²) < 4.78 is 5.06. The lowest BCUT2D eigenvalue weighted by Gasteiger charge is -2.30. The van der Waals surface area contributed by atoms with Crippen molar-refractivity contribution in [3.05, 3.63) is 83.9 Å². The summed E-state index contributed by atoms with van der Waals surface area (Å²) in [5, 5.41) is 0. The Bertz CT molecular complexity index is 874. The molecule has 0 fully saturated rings. The predicted molar refractivity (Wildman–Crippen MR) is 110 cm³/mol. The number of amides is 2. The van der Waals surface area contributed by atoms with E-state index in [1.165, 1.54) is 24.2 Å². The number of ether oxygens (including phenoxy) is 1. The van der Waals surface area contributed by atoms with Gasteiger partial charge in [0, 0.05) is 12.2 Å². The topological polar surface area (TPSA) is 63.7 Å². The zero-order valence-electron chi connectivity index (χ0n) is 16.7. The molecule has 0 saturated heterocycles. The normalized spacial score (nSPS) is 16.6. The summed E-state index contributed by atoms with van der Waals surface area (Å²) in [6, 6.07) is 18.8. The predicted octanol–water partition coefficient (Wildman–Crippen LogP) is 4.03. The minimum atomic E-state index is -0.529.